The predicted molar refractivity (Wildman–Crippen MR) is 129 cm³/mol. The Morgan fingerprint density at radius 1 is 1.03 bits per heavy atom. The number of ketones is 1. The molecule has 3 heterocycles. The quantitative estimate of drug-likeness (QED) is 0.491. The first-order chi connectivity index (χ1) is 16.0. The van der Waals surface area contributed by atoms with Crippen LogP contribution in [0, 0.1) is 5.92 Å². The predicted octanol–water partition coefficient (Wildman–Crippen LogP) is 5.06. The number of hydrogen-bond donors (Lipinski definition) is 2. The number of Topliss-reactive ketones (excluding diaryl/α,β-unsaturated/α-hetero) is 1. The molecular formula is C27H23BrN2O3. The molecule has 0 radical (unpaired) electrons. The Morgan fingerprint density at radius 2 is 1.76 bits per heavy atom. The van der Waals surface area contributed by atoms with Crippen LogP contribution in [0.1, 0.15) is 40.2 Å². The molecule has 0 unspecified atom stereocenters. The zero-order valence-corrected chi connectivity index (χ0v) is 19.5. The highest BCUT2D eigenvalue weighted by Gasteiger charge is 2.68. The molecule has 2 fully saturated rings. The Kier molecular flexibility index (Phi) is 4.71. The number of hydrogen-bond acceptors (Lipinski definition) is 4. The third-order valence-corrected chi connectivity index (χ3v) is 8.12. The van der Waals surface area contributed by atoms with E-state index in [4.69, 9.17) is 0 Å². The number of phenolic OH excluding ortho intramolecular Hbond substituents is 1. The van der Waals surface area contributed by atoms with E-state index >= 15 is 0 Å². The van der Waals surface area contributed by atoms with Gasteiger partial charge in [-0.05, 0) is 55.3 Å². The Morgan fingerprint density at radius 3 is 2.52 bits per heavy atom. The van der Waals surface area contributed by atoms with Gasteiger partial charge in [0.25, 0.3) is 0 Å². The van der Waals surface area contributed by atoms with E-state index in [1.807, 2.05) is 60.7 Å². The highest BCUT2D eigenvalue weighted by atomic mass is 79.9. The third kappa shape index (κ3) is 2.87. The van der Waals surface area contributed by atoms with E-state index in [9.17, 15) is 14.7 Å². The van der Waals surface area contributed by atoms with Crippen LogP contribution in [0.15, 0.2) is 77.3 Å². The standard InChI is InChI=1S/C27H23BrN2O3/c28-18-11-7-17(8-12-18)25(32)23-22-6-3-15-30(22)27(24(23)16-9-13-19(31)14-10-16)20-4-1-2-5-21(20)29-26(27)33/h1-2,4-5,7-14,22-24,31H,3,6,15H2,(H,29,33)/t22-,23+,24-,27-/m0/s1. The van der Waals surface area contributed by atoms with Gasteiger partial charge in [-0.3, -0.25) is 14.5 Å². The van der Waals surface area contributed by atoms with Crippen molar-refractivity contribution in [2.75, 3.05) is 11.9 Å². The van der Waals surface area contributed by atoms with Gasteiger partial charge in [-0.25, -0.2) is 0 Å². The molecule has 1 amide bonds. The molecule has 3 aliphatic rings. The van der Waals surface area contributed by atoms with Gasteiger partial charge < -0.3 is 10.4 Å². The lowest BCUT2D eigenvalue weighted by Gasteiger charge is -2.37. The van der Waals surface area contributed by atoms with Crippen LogP contribution in [0.4, 0.5) is 5.69 Å². The summed E-state index contributed by atoms with van der Waals surface area (Å²) in [6, 6.07) is 22.3. The number of phenols is 1. The van der Waals surface area contributed by atoms with E-state index in [0.29, 0.717) is 5.56 Å². The van der Waals surface area contributed by atoms with E-state index in [1.54, 1.807) is 12.1 Å². The summed E-state index contributed by atoms with van der Waals surface area (Å²) in [7, 11) is 0. The fraction of sp³-hybridized carbons (Fsp3) is 0.259. The molecule has 0 aromatic heterocycles. The monoisotopic (exact) mass is 502 g/mol. The molecule has 0 aliphatic carbocycles. The molecule has 0 bridgehead atoms. The highest BCUT2D eigenvalue weighted by molar-refractivity contribution is 9.10. The van der Waals surface area contributed by atoms with Crippen molar-refractivity contribution in [2.24, 2.45) is 5.92 Å². The average molecular weight is 503 g/mol. The maximum Gasteiger partial charge on any atom is 0.250 e. The van der Waals surface area contributed by atoms with Crippen molar-refractivity contribution in [3.05, 3.63) is 94.0 Å². The molecule has 2 N–H and O–H groups in total. The van der Waals surface area contributed by atoms with Crippen LogP contribution in [-0.2, 0) is 10.3 Å². The van der Waals surface area contributed by atoms with Gasteiger partial charge in [-0.2, -0.15) is 0 Å². The molecule has 1 spiro atoms. The number of aromatic hydroxyl groups is 1. The van der Waals surface area contributed by atoms with Crippen molar-refractivity contribution in [3.8, 4) is 5.75 Å². The number of nitrogens with zero attached hydrogens (tertiary/aromatic N) is 1. The fourth-order valence-electron chi connectivity index (χ4n) is 6.39. The van der Waals surface area contributed by atoms with E-state index in [0.717, 1.165) is 40.7 Å². The van der Waals surface area contributed by atoms with Crippen LogP contribution in [0.25, 0.3) is 0 Å². The Balaban J connectivity index is 1.59. The minimum atomic E-state index is -0.954. The molecule has 3 aliphatic heterocycles. The van der Waals surface area contributed by atoms with Crippen molar-refractivity contribution in [1.82, 2.24) is 4.90 Å². The minimum Gasteiger partial charge on any atom is -0.508 e. The Bertz CT molecular complexity index is 1260. The van der Waals surface area contributed by atoms with Crippen molar-refractivity contribution >= 4 is 33.3 Å². The molecule has 5 nitrogen and oxygen atoms in total. The summed E-state index contributed by atoms with van der Waals surface area (Å²) in [5.41, 5.74) is 2.34. The Hall–Kier alpha value is -2.96. The van der Waals surface area contributed by atoms with Crippen LogP contribution < -0.4 is 5.32 Å². The van der Waals surface area contributed by atoms with Gasteiger partial charge in [0.15, 0.2) is 5.78 Å². The zero-order chi connectivity index (χ0) is 22.7. The second-order valence-electron chi connectivity index (χ2n) is 9.14. The number of para-hydroxylation sites is 1. The summed E-state index contributed by atoms with van der Waals surface area (Å²) in [5, 5.41) is 13.1. The van der Waals surface area contributed by atoms with E-state index in [-0.39, 0.29) is 35.3 Å². The van der Waals surface area contributed by atoms with E-state index in [1.165, 1.54) is 0 Å². The van der Waals surface area contributed by atoms with Gasteiger partial charge in [-0.15, -0.1) is 0 Å². The maximum atomic E-state index is 14.1. The highest BCUT2D eigenvalue weighted by Crippen LogP contribution is 2.61. The molecule has 2 saturated heterocycles. The van der Waals surface area contributed by atoms with E-state index in [2.05, 4.69) is 26.1 Å². The second-order valence-corrected chi connectivity index (χ2v) is 10.1. The largest absolute Gasteiger partial charge is 0.508 e. The smallest absolute Gasteiger partial charge is 0.250 e. The third-order valence-electron chi connectivity index (χ3n) is 7.59. The average Bonchev–Trinajstić information content (AvgIpc) is 3.48. The number of fused-ring (bicyclic) bond motifs is 4. The summed E-state index contributed by atoms with van der Waals surface area (Å²) >= 11 is 3.46. The first-order valence-corrected chi connectivity index (χ1v) is 12.1. The van der Waals surface area contributed by atoms with Gasteiger partial charge in [0.1, 0.15) is 11.3 Å². The number of anilines is 1. The summed E-state index contributed by atoms with van der Waals surface area (Å²) in [6.07, 6.45) is 1.83. The first kappa shape index (κ1) is 20.6. The molecule has 33 heavy (non-hydrogen) atoms. The second kappa shape index (κ2) is 7.54. The van der Waals surface area contributed by atoms with Crippen LogP contribution >= 0.6 is 15.9 Å². The normalized spacial score (nSPS) is 28.0. The summed E-state index contributed by atoms with van der Waals surface area (Å²) < 4.78 is 0.920. The van der Waals surface area contributed by atoms with Crippen LogP contribution in [0.5, 0.6) is 5.75 Å². The van der Waals surface area contributed by atoms with Crippen molar-refractivity contribution in [1.29, 1.82) is 0 Å². The van der Waals surface area contributed by atoms with Gasteiger partial charge in [0.2, 0.25) is 5.91 Å². The number of nitrogens with one attached hydrogen (secondary N) is 1. The van der Waals surface area contributed by atoms with Gasteiger partial charge in [-0.1, -0.05) is 58.4 Å². The van der Waals surface area contributed by atoms with Crippen LogP contribution in [0.2, 0.25) is 0 Å². The zero-order valence-electron chi connectivity index (χ0n) is 17.9. The summed E-state index contributed by atoms with van der Waals surface area (Å²) in [6.45, 7) is 0.769. The molecular weight excluding hydrogens is 480 g/mol. The van der Waals surface area contributed by atoms with Gasteiger partial charge in [0.05, 0.1) is 0 Å². The van der Waals surface area contributed by atoms with Gasteiger partial charge in [0, 0.05) is 39.2 Å². The Labute approximate surface area is 200 Å². The van der Waals surface area contributed by atoms with Crippen molar-refractivity contribution < 1.29 is 14.7 Å². The van der Waals surface area contributed by atoms with Crippen molar-refractivity contribution in [3.63, 3.8) is 0 Å². The number of carbonyl (C=O) groups excluding carboxylic acids is 2. The molecule has 166 valence electrons. The number of benzene rings is 3. The number of rotatable bonds is 3. The molecule has 6 rings (SSSR count). The maximum absolute atomic E-state index is 14.1. The molecule has 3 aromatic carbocycles. The summed E-state index contributed by atoms with van der Waals surface area (Å²) in [4.78, 5) is 30.3. The topological polar surface area (TPSA) is 69.6 Å². The lowest BCUT2D eigenvalue weighted by molar-refractivity contribution is -0.127. The molecule has 6 heteroatoms. The van der Waals surface area contributed by atoms with E-state index < -0.39 is 5.54 Å². The summed E-state index contributed by atoms with van der Waals surface area (Å²) in [5.74, 6) is -0.594. The van der Waals surface area contributed by atoms with Crippen LogP contribution in [-0.4, -0.2) is 34.3 Å². The number of halogens is 1. The van der Waals surface area contributed by atoms with Gasteiger partial charge >= 0.3 is 0 Å². The SMILES string of the molecule is O=C(c1ccc(Br)cc1)[C@@H]1[C@@H]2CCCN2[C@]2(C(=O)Nc3ccccc32)[C@H]1c1ccc(O)cc1. The molecule has 0 saturated carbocycles. The molecule has 4 atom stereocenters. The first-order valence-electron chi connectivity index (χ1n) is 11.3. The lowest BCUT2D eigenvalue weighted by Crippen LogP contribution is -2.50. The fourth-order valence-corrected chi connectivity index (χ4v) is 6.65. The lowest BCUT2D eigenvalue weighted by atomic mass is 9.69. The number of carbonyl (C=O) groups is 2. The minimum absolute atomic E-state index is 0.0307. The van der Waals surface area contributed by atoms with Crippen LogP contribution in [0.3, 0.4) is 0 Å². The molecule has 3 aromatic rings. The van der Waals surface area contributed by atoms with Crippen molar-refractivity contribution in [2.45, 2.75) is 30.3 Å². The number of amides is 1.